The molecule has 2 rings (SSSR count). The molecule has 4 nitrogen and oxygen atoms in total. The summed E-state index contributed by atoms with van der Waals surface area (Å²) in [5, 5.41) is 3.24. The van der Waals surface area contributed by atoms with Crippen LogP contribution in [0.25, 0.3) is 0 Å². The van der Waals surface area contributed by atoms with E-state index in [9.17, 15) is 4.79 Å². The Bertz CT molecular complexity index is 215. The second-order valence-corrected chi connectivity index (χ2v) is 4.33. The molecular formula is C11H20N2O2. The van der Waals surface area contributed by atoms with Gasteiger partial charge in [-0.2, -0.15) is 0 Å². The van der Waals surface area contributed by atoms with Crippen LogP contribution < -0.4 is 5.32 Å². The van der Waals surface area contributed by atoms with Crippen LogP contribution >= 0.6 is 0 Å². The Balaban J connectivity index is 1.82. The topological polar surface area (TPSA) is 41.6 Å². The maximum absolute atomic E-state index is 11.7. The number of amides is 1. The summed E-state index contributed by atoms with van der Waals surface area (Å²) < 4.78 is 5.66. The lowest BCUT2D eigenvalue weighted by molar-refractivity contribution is -0.132. The van der Waals surface area contributed by atoms with Crippen molar-refractivity contribution in [1.29, 1.82) is 0 Å². The highest BCUT2D eigenvalue weighted by molar-refractivity contribution is 5.76. The summed E-state index contributed by atoms with van der Waals surface area (Å²) in [7, 11) is 0. The fraction of sp³-hybridized carbons (Fsp3) is 0.909. The first-order chi connectivity index (χ1) is 7.36. The fourth-order valence-corrected chi connectivity index (χ4v) is 2.21. The smallest absolute Gasteiger partial charge is 0.223 e. The number of rotatable bonds is 2. The first-order valence-electron chi connectivity index (χ1n) is 5.96. The lowest BCUT2D eigenvalue weighted by Gasteiger charge is -2.29. The minimum absolute atomic E-state index is 0.272. The molecule has 1 unspecified atom stereocenters. The van der Waals surface area contributed by atoms with E-state index in [1.807, 2.05) is 4.90 Å². The van der Waals surface area contributed by atoms with E-state index < -0.39 is 0 Å². The van der Waals surface area contributed by atoms with Gasteiger partial charge in [-0.15, -0.1) is 0 Å². The number of nitrogens with zero attached hydrogens (tertiary/aromatic N) is 1. The third-order valence-electron chi connectivity index (χ3n) is 3.12. The van der Waals surface area contributed by atoms with Crippen LogP contribution in [0.1, 0.15) is 25.7 Å². The Morgan fingerprint density at radius 3 is 3.13 bits per heavy atom. The van der Waals surface area contributed by atoms with Gasteiger partial charge in [-0.25, -0.2) is 0 Å². The summed E-state index contributed by atoms with van der Waals surface area (Å²) in [6.07, 6.45) is 4.43. The number of carbonyl (C=O) groups is 1. The van der Waals surface area contributed by atoms with E-state index in [1.165, 1.54) is 12.8 Å². The van der Waals surface area contributed by atoms with E-state index in [0.717, 1.165) is 39.2 Å². The predicted octanol–water partition coefficient (Wildman–Crippen LogP) is 0.377. The van der Waals surface area contributed by atoms with E-state index in [4.69, 9.17) is 4.74 Å². The molecule has 2 heterocycles. The molecule has 0 aromatic carbocycles. The molecule has 2 aliphatic rings. The molecule has 0 aromatic rings. The second kappa shape index (κ2) is 5.47. The average molecular weight is 212 g/mol. The summed E-state index contributed by atoms with van der Waals surface area (Å²) in [5.41, 5.74) is 0. The zero-order valence-electron chi connectivity index (χ0n) is 9.21. The van der Waals surface area contributed by atoms with Crippen molar-refractivity contribution in [3.05, 3.63) is 0 Å². The number of hydrogen-bond donors (Lipinski definition) is 1. The van der Waals surface area contributed by atoms with Crippen molar-refractivity contribution in [3.8, 4) is 0 Å². The molecule has 4 heteroatoms. The molecule has 0 spiro atoms. The molecule has 2 fully saturated rings. The Labute approximate surface area is 91.0 Å². The van der Waals surface area contributed by atoms with Crippen LogP contribution in [0.5, 0.6) is 0 Å². The molecule has 0 saturated carbocycles. The highest BCUT2D eigenvalue weighted by atomic mass is 16.5. The molecule has 1 N–H and O–H groups in total. The highest BCUT2D eigenvalue weighted by Crippen LogP contribution is 2.14. The van der Waals surface area contributed by atoms with Gasteiger partial charge in [-0.3, -0.25) is 4.79 Å². The van der Waals surface area contributed by atoms with Gasteiger partial charge >= 0.3 is 0 Å². The maximum Gasteiger partial charge on any atom is 0.223 e. The zero-order chi connectivity index (χ0) is 10.5. The normalized spacial score (nSPS) is 28.9. The van der Waals surface area contributed by atoms with E-state index in [-0.39, 0.29) is 12.0 Å². The van der Waals surface area contributed by atoms with E-state index >= 15 is 0 Å². The maximum atomic E-state index is 11.7. The summed E-state index contributed by atoms with van der Waals surface area (Å²) in [6, 6.07) is 0. The lowest BCUT2D eigenvalue weighted by Crippen LogP contribution is -2.40. The van der Waals surface area contributed by atoms with E-state index in [0.29, 0.717) is 6.42 Å². The molecule has 0 aliphatic carbocycles. The van der Waals surface area contributed by atoms with Crippen LogP contribution in [0.3, 0.4) is 0 Å². The van der Waals surface area contributed by atoms with Gasteiger partial charge in [0.25, 0.3) is 0 Å². The molecule has 2 aliphatic heterocycles. The molecule has 0 aromatic heterocycles. The van der Waals surface area contributed by atoms with Gasteiger partial charge in [0.15, 0.2) is 0 Å². The van der Waals surface area contributed by atoms with Crippen LogP contribution in [0.4, 0.5) is 0 Å². The van der Waals surface area contributed by atoms with Crippen LogP contribution in [0.2, 0.25) is 0 Å². The fourth-order valence-electron chi connectivity index (χ4n) is 2.21. The number of ether oxygens (including phenoxy) is 1. The first-order valence-corrected chi connectivity index (χ1v) is 5.96. The van der Waals surface area contributed by atoms with Crippen LogP contribution in [0, 0.1) is 0 Å². The molecule has 0 radical (unpaired) electrons. The van der Waals surface area contributed by atoms with Crippen molar-refractivity contribution in [2.75, 3.05) is 32.8 Å². The number of hydrogen-bond acceptors (Lipinski definition) is 3. The Morgan fingerprint density at radius 1 is 1.40 bits per heavy atom. The van der Waals surface area contributed by atoms with Gasteiger partial charge in [0.2, 0.25) is 5.91 Å². The SMILES string of the molecule is O=C1CCNCCN1CC1CCCCO1. The molecule has 2 saturated heterocycles. The zero-order valence-corrected chi connectivity index (χ0v) is 9.21. The van der Waals surface area contributed by atoms with Crippen LogP contribution in [-0.2, 0) is 9.53 Å². The minimum atomic E-state index is 0.272. The monoisotopic (exact) mass is 212 g/mol. The van der Waals surface area contributed by atoms with Crippen molar-refractivity contribution in [2.24, 2.45) is 0 Å². The predicted molar refractivity (Wildman–Crippen MR) is 57.7 cm³/mol. The minimum Gasteiger partial charge on any atom is -0.376 e. The summed E-state index contributed by atoms with van der Waals surface area (Å²) in [5.74, 6) is 0.272. The Morgan fingerprint density at radius 2 is 2.33 bits per heavy atom. The highest BCUT2D eigenvalue weighted by Gasteiger charge is 2.22. The van der Waals surface area contributed by atoms with Gasteiger partial charge in [-0.1, -0.05) is 0 Å². The third kappa shape index (κ3) is 3.18. The van der Waals surface area contributed by atoms with Crippen molar-refractivity contribution in [3.63, 3.8) is 0 Å². The quantitative estimate of drug-likeness (QED) is 0.719. The Hall–Kier alpha value is -0.610. The standard InChI is InChI=1S/C11H20N2O2/c14-11-4-5-12-6-7-13(11)9-10-3-1-2-8-15-10/h10,12H,1-9H2. The van der Waals surface area contributed by atoms with Crippen molar-refractivity contribution in [2.45, 2.75) is 31.8 Å². The molecule has 0 bridgehead atoms. The van der Waals surface area contributed by atoms with E-state index in [2.05, 4.69) is 5.32 Å². The lowest BCUT2D eigenvalue weighted by atomic mass is 10.1. The summed E-state index contributed by atoms with van der Waals surface area (Å²) in [6.45, 7) is 4.23. The van der Waals surface area contributed by atoms with Crippen molar-refractivity contribution < 1.29 is 9.53 Å². The van der Waals surface area contributed by atoms with Crippen molar-refractivity contribution in [1.82, 2.24) is 10.2 Å². The molecule has 86 valence electrons. The first kappa shape index (κ1) is 10.9. The summed E-state index contributed by atoms with van der Waals surface area (Å²) >= 11 is 0. The van der Waals surface area contributed by atoms with Crippen LogP contribution in [0.15, 0.2) is 0 Å². The number of nitrogens with one attached hydrogen (secondary N) is 1. The Kier molecular flexibility index (Phi) is 3.97. The molecule has 1 atom stereocenters. The van der Waals surface area contributed by atoms with Gasteiger partial charge in [0, 0.05) is 39.2 Å². The second-order valence-electron chi connectivity index (χ2n) is 4.33. The molecule has 1 amide bonds. The molecular weight excluding hydrogens is 192 g/mol. The van der Waals surface area contributed by atoms with Crippen molar-refractivity contribution >= 4 is 5.91 Å². The van der Waals surface area contributed by atoms with E-state index in [1.54, 1.807) is 0 Å². The van der Waals surface area contributed by atoms with Crippen LogP contribution in [-0.4, -0.2) is 49.7 Å². The number of carbonyl (C=O) groups excluding carboxylic acids is 1. The van der Waals surface area contributed by atoms with Gasteiger partial charge in [0.05, 0.1) is 6.10 Å². The third-order valence-corrected chi connectivity index (χ3v) is 3.12. The average Bonchev–Trinajstić information content (AvgIpc) is 2.46. The van der Waals surface area contributed by atoms with Gasteiger partial charge in [-0.05, 0) is 19.3 Å². The van der Waals surface area contributed by atoms with Gasteiger partial charge < -0.3 is 15.0 Å². The largest absolute Gasteiger partial charge is 0.376 e. The summed E-state index contributed by atoms with van der Waals surface area (Å²) in [4.78, 5) is 13.7. The van der Waals surface area contributed by atoms with Gasteiger partial charge in [0.1, 0.15) is 0 Å². The molecule has 15 heavy (non-hydrogen) atoms.